The van der Waals surface area contributed by atoms with E-state index in [1.54, 1.807) is 23.0 Å². The second-order valence-corrected chi connectivity index (χ2v) is 6.84. The van der Waals surface area contributed by atoms with Crippen LogP contribution in [0.1, 0.15) is 24.4 Å². The van der Waals surface area contributed by atoms with Crippen LogP contribution in [0.3, 0.4) is 0 Å². The topological polar surface area (TPSA) is 119 Å². The van der Waals surface area contributed by atoms with Crippen LogP contribution in [0.4, 0.5) is 5.82 Å². The molecule has 0 bridgehead atoms. The molecule has 1 saturated heterocycles. The molecule has 1 atom stereocenters. The summed E-state index contributed by atoms with van der Waals surface area (Å²) in [5.41, 5.74) is 6.88. The molecule has 28 heavy (non-hydrogen) atoms. The fourth-order valence-corrected chi connectivity index (χ4v) is 3.48. The lowest BCUT2D eigenvalue weighted by atomic mass is 9.95. The highest BCUT2D eigenvalue weighted by atomic mass is 16.2. The smallest absolute Gasteiger partial charge is 0.244 e. The van der Waals surface area contributed by atoms with Crippen LogP contribution < -0.4 is 16.0 Å². The second-order valence-electron chi connectivity index (χ2n) is 6.84. The first-order chi connectivity index (χ1) is 13.6. The Morgan fingerprint density at radius 1 is 1.11 bits per heavy atom. The number of anilines is 1. The van der Waals surface area contributed by atoms with E-state index in [0.29, 0.717) is 37.1 Å². The summed E-state index contributed by atoms with van der Waals surface area (Å²) in [6, 6.07) is 12.0. The summed E-state index contributed by atoms with van der Waals surface area (Å²) in [6.45, 7) is 1.40. The summed E-state index contributed by atoms with van der Waals surface area (Å²) in [6.07, 6.45) is 2.91. The molecule has 4 rings (SSSR count). The lowest BCUT2D eigenvalue weighted by Crippen LogP contribution is -2.44. The summed E-state index contributed by atoms with van der Waals surface area (Å²) >= 11 is 0. The molecule has 3 N–H and O–H groups in total. The fourth-order valence-electron chi connectivity index (χ4n) is 3.48. The minimum absolute atomic E-state index is 0.144. The molecule has 0 aliphatic carbocycles. The lowest BCUT2D eigenvalue weighted by molar-refractivity contribution is -0.130. The third kappa shape index (κ3) is 3.64. The molecular weight excluding hydrogens is 358 g/mol. The lowest BCUT2D eigenvalue weighted by Gasteiger charge is -2.32. The molecule has 3 heterocycles. The SMILES string of the molecule is NC(=O)C(NC(=O)C1CCN(c2ccc3nncn3n2)CC1)c1ccccc1. The van der Waals surface area contributed by atoms with Crippen LogP contribution in [-0.4, -0.2) is 44.7 Å². The average Bonchev–Trinajstić information content (AvgIpc) is 3.20. The number of carbonyl (C=O) groups is 2. The van der Waals surface area contributed by atoms with Crippen LogP contribution >= 0.6 is 0 Å². The van der Waals surface area contributed by atoms with E-state index < -0.39 is 11.9 Å². The molecule has 0 radical (unpaired) electrons. The van der Waals surface area contributed by atoms with Gasteiger partial charge in [0, 0.05) is 19.0 Å². The summed E-state index contributed by atoms with van der Waals surface area (Å²) in [5.74, 6) is -0.0520. The number of nitrogens with one attached hydrogen (secondary N) is 1. The molecule has 1 aliphatic rings. The molecule has 9 heteroatoms. The van der Waals surface area contributed by atoms with Gasteiger partial charge in [-0.05, 0) is 30.5 Å². The molecule has 144 valence electrons. The summed E-state index contributed by atoms with van der Waals surface area (Å²) in [5, 5.41) is 15.1. The van der Waals surface area contributed by atoms with E-state index in [4.69, 9.17) is 5.73 Å². The zero-order valence-corrected chi connectivity index (χ0v) is 15.2. The van der Waals surface area contributed by atoms with Gasteiger partial charge < -0.3 is 16.0 Å². The minimum atomic E-state index is -0.815. The number of hydrogen-bond acceptors (Lipinski definition) is 6. The number of nitrogens with two attached hydrogens (primary N) is 1. The van der Waals surface area contributed by atoms with Crippen molar-refractivity contribution in [3.05, 3.63) is 54.4 Å². The maximum absolute atomic E-state index is 12.7. The van der Waals surface area contributed by atoms with Gasteiger partial charge in [0.2, 0.25) is 11.8 Å². The van der Waals surface area contributed by atoms with Gasteiger partial charge in [-0.3, -0.25) is 9.59 Å². The highest BCUT2D eigenvalue weighted by Gasteiger charge is 2.29. The second kappa shape index (κ2) is 7.63. The van der Waals surface area contributed by atoms with E-state index in [2.05, 4.69) is 25.5 Å². The third-order valence-corrected chi connectivity index (χ3v) is 5.04. The van der Waals surface area contributed by atoms with Crippen LogP contribution in [0.2, 0.25) is 0 Å². The van der Waals surface area contributed by atoms with E-state index in [-0.39, 0.29) is 11.8 Å². The van der Waals surface area contributed by atoms with Crippen molar-refractivity contribution in [2.75, 3.05) is 18.0 Å². The molecule has 2 amide bonds. The van der Waals surface area contributed by atoms with Gasteiger partial charge >= 0.3 is 0 Å². The Balaban J connectivity index is 1.38. The Kier molecular flexibility index (Phi) is 4.88. The van der Waals surface area contributed by atoms with Gasteiger partial charge in [-0.15, -0.1) is 15.3 Å². The fraction of sp³-hybridized carbons (Fsp3) is 0.316. The maximum Gasteiger partial charge on any atom is 0.244 e. The van der Waals surface area contributed by atoms with Crippen molar-refractivity contribution in [1.82, 2.24) is 25.1 Å². The molecule has 1 unspecified atom stereocenters. The number of primary amides is 1. The van der Waals surface area contributed by atoms with E-state index in [9.17, 15) is 9.59 Å². The Morgan fingerprint density at radius 2 is 1.86 bits per heavy atom. The molecule has 1 aliphatic heterocycles. The maximum atomic E-state index is 12.7. The van der Waals surface area contributed by atoms with Gasteiger partial charge in [0.05, 0.1) is 0 Å². The van der Waals surface area contributed by atoms with Crippen LogP contribution in [0.15, 0.2) is 48.8 Å². The molecule has 2 aromatic heterocycles. The molecule has 3 aromatic rings. The van der Waals surface area contributed by atoms with Crippen molar-refractivity contribution < 1.29 is 9.59 Å². The molecule has 0 spiro atoms. The molecular formula is C19H21N7O2. The molecule has 1 fully saturated rings. The van der Waals surface area contributed by atoms with Crippen LogP contribution in [0.25, 0.3) is 5.65 Å². The average molecular weight is 379 g/mol. The van der Waals surface area contributed by atoms with E-state index in [1.165, 1.54) is 0 Å². The number of rotatable bonds is 5. The predicted octanol–water partition coefficient (Wildman–Crippen LogP) is 0.684. The van der Waals surface area contributed by atoms with Gasteiger partial charge in [-0.1, -0.05) is 30.3 Å². The molecule has 0 saturated carbocycles. The van der Waals surface area contributed by atoms with E-state index >= 15 is 0 Å². The Hall–Kier alpha value is -3.49. The van der Waals surface area contributed by atoms with Crippen molar-refractivity contribution >= 4 is 23.3 Å². The van der Waals surface area contributed by atoms with Gasteiger partial charge in [0.1, 0.15) is 18.2 Å². The quantitative estimate of drug-likeness (QED) is 0.673. The number of fused-ring (bicyclic) bond motifs is 1. The van der Waals surface area contributed by atoms with Gasteiger partial charge in [0.15, 0.2) is 5.65 Å². The monoisotopic (exact) mass is 379 g/mol. The zero-order valence-electron chi connectivity index (χ0n) is 15.2. The molecule has 1 aromatic carbocycles. The van der Waals surface area contributed by atoms with Crippen molar-refractivity contribution in [3.8, 4) is 0 Å². The third-order valence-electron chi connectivity index (χ3n) is 5.04. The standard InChI is InChI=1S/C19H21N7O2/c20-18(27)17(13-4-2-1-3-5-13)22-19(28)14-8-10-25(11-9-14)16-7-6-15-23-21-12-26(15)24-16/h1-7,12,14,17H,8-11H2,(H2,20,27)(H,22,28). The number of amides is 2. The Labute approximate surface area is 161 Å². The number of nitrogens with zero attached hydrogens (tertiary/aromatic N) is 5. The van der Waals surface area contributed by atoms with Gasteiger partial charge in [-0.2, -0.15) is 4.52 Å². The Morgan fingerprint density at radius 3 is 2.57 bits per heavy atom. The first-order valence-electron chi connectivity index (χ1n) is 9.18. The highest BCUT2D eigenvalue weighted by molar-refractivity contribution is 5.88. The van der Waals surface area contributed by atoms with Crippen LogP contribution in [0.5, 0.6) is 0 Å². The first kappa shape index (κ1) is 17.9. The molecule has 9 nitrogen and oxygen atoms in total. The number of hydrogen-bond donors (Lipinski definition) is 2. The summed E-state index contributed by atoms with van der Waals surface area (Å²) < 4.78 is 1.63. The number of aromatic nitrogens is 4. The van der Waals surface area contributed by atoms with Crippen molar-refractivity contribution in [1.29, 1.82) is 0 Å². The minimum Gasteiger partial charge on any atom is -0.368 e. The van der Waals surface area contributed by atoms with E-state index in [0.717, 1.165) is 5.82 Å². The number of piperidine rings is 1. The predicted molar refractivity (Wildman–Crippen MR) is 102 cm³/mol. The van der Waals surface area contributed by atoms with Crippen molar-refractivity contribution in [2.45, 2.75) is 18.9 Å². The first-order valence-corrected chi connectivity index (χ1v) is 9.18. The van der Waals surface area contributed by atoms with Crippen molar-refractivity contribution in [3.63, 3.8) is 0 Å². The van der Waals surface area contributed by atoms with Gasteiger partial charge in [0.25, 0.3) is 0 Å². The summed E-state index contributed by atoms with van der Waals surface area (Å²) in [4.78, 5) is 26.6. The number of carbonyl (C=O) groups excluding carboxylic acids is 2. The Bertz CT molecular complexity index is 980. The van der Waals surface area contributed by atoms with Crippen LogP contribution in [-0.2, 0) is 9.59 Å². The summed E-state index contributed by atoms with van der Waals surface area (Å²) in [7, 11) is 0. The number of benzene rings is 1. The van der Waals surface area contributed by atoms with Crippen molar-refractivity contribution in [2.24, 2.45) is 11.7 Å². The van der Waals surface area contributed by atoms with Gasteiger partial charge in [-0.25, -0.2) is 0 Å². The van der Waals surface area contributed by atoms with Crippen LogP contribution in [0, 0.1) is 5.92 Å². The normalized spacial score (nSPS) is 16.1. The largest absolute Gasteiger partial charge is 0.368 e. The van der Waals surface area contributed by atoms with E-state index in [1.807, 2.05) is 30.3 Å². The zero-order chi connectivity index (χ0) is 19.5. The highest BCUT2D eigenvalue weighted by Crippen LogP contribution is 2.23.